The lowest BCUT2D eigenvalue weighted by Gasteiger charge is -2.20. The van der Waals surface area contributed by atoms with Crippen molar-refractivity contribution in [3.8, 4) is 0 Å². The second-order valence-electron chi connectivity index (χ2n) is 5.21. The molecule has 2 rings (SSSR count). The molecular weight excluding hydrogens is 301 g/mol. The van der Waals surface area contributed by atoms with Crippen LogP contribution in [0.25, 0.3) is 0 Å². The van der Waals surface area contributed by atoms with E-state index < -0.39 is 0 Å². The minimum Gasteiger partial charge on any atom is -0.364 e. The van der Waals surface area contributed by atoms with Gasteiger partial charge in [-0.15, -0.1) is 24.8 Å². The van der Waals surface area contributed by atoms with Crippen molar-refractivity contribution in [2.45, 2.75) is 50.9 Å². The van der Waals surface area contributed by atoms with Gasteiger partial charge in [0.25, 0.3) is 0 Å². The molecule has 2 atom stereocenters. The number of nitrogens with one attached hydrogen (secondary N) is 1. The van der Waals surface area contributed by atoms with Crippen molar-refractivity contribution >= 4 is 30.7 Å². The van der Waals surface area contributed by atoms with Gasteiger partial charge in [-0.3, -0.25) is 9.69 Å². The summed E-state index contributed by atoms with van der Waals surface area (Å²) >= 11 is 0. The van der Waals surface area contributed by atoms with Gasteiger partial charge in [-0.1, -0.05) is 6.92 Å². The lowest BCUT2D eigenvalue weighted by molar-refractivity contribution is -0.131. The minimum absolute atomic E-state index is 0. The Morgan fingerprint density at radius 2 is 2.00 bits per heavy atom. The second kappa shape index (κ2) is 9.79. The van der Waals surface area contributed by atoms with Crippen LogP contribution in [0.3, 0.4) is 0 Å². The predicted molar refractivity (Wildman–Crippen MR) is 84.7 cm³/mol. The fraction of sp³-hybridized carbons (Fsp3) is 0.923. The number of carbonyl (C=O) groups excluding carboxylic acids is 1. The molecule has 5 nitrogen and oxygen atoms in total. The summed E-state index contributed by atoms with van der Waals surface area (Å²) in [5.41, 5.74) is 5.53. The van der Waals surface area contributed by atoms with Crippen LogP contribution in [0.1, 0.15) is 32.6 Å². The Bertz CT molecular complexity index is 291. The molecule has 1 aliphatic heterocycles. The Labute approximate surface area is 133 Å². The molecule has 0 aromatic heterocycles. The van der Waals surface area contributed by atoms with E-state index in [1.807, 2.05) is 0 Å². The average molecular weight is 328 g/mol. The summed E-state index contributed by atoms with van der Waals surface area (Å²) in [5, 5.41) is 2.97. The zero-order valence-corrected chi connectivity index (χ0v) is 13.7. The quantitative estimate of drug-likeness (QED) is 0.730. The highest BCUT2D eigenvalue weighted by molar-refractivity contribution is 5.85. The summed E-state index contributed by atoms with van der Waals surface area (Å²) in [7, 11) is 0. The van der Waals surface area contributed by atoms with Gasteiger partial charge in [0.1, 0.15) is 6.10 Å². The van der Waals surface area contributed by atoms with E-state index in [1.165, 1.54) is 12.8 Å². The highest BCUT2D eigenvalue weighted by atomic mass is 35.5. The molecule has 0 unspecified atom stereocenters. The van der Waals surface area contributed by atoms with E-state index >= 15 is 0 Å². The molecule has 3 N–H and O–H groups in total. The maximum atomic E-state index is 11.9. The van der Waals surface area contributed by atoms with Crippen molar-refractivity contribution in [2.24, 2.45) is 5.73 Å². The molecule has 0 aromatic rings. The van der Waals surface area contributed by atoms with E-state index in [0.29, 0.717) is 6.54 Å². The van der Waals surface area contributed by atoms with Gasteiger partial charge in [0.05, 0.1) is 6.10 Å². The van der Waals surface area contributed by atoms with Crippen LogP contribution in [0.2, 0.25) is 0 Å². The van der Waals surface area contributed by atoms with Crippen molar-refractivity contribution in [3.05, 3.63) is 0 Å². The normalized spacial score (nSPS) is 24.9. The van der Waals surface area contributed by atoms with E-state index in [-0.39, 0.29) is 42.9 Å². The van der Waals surface area contributed by atoms with E-state index in [1.54, 1.807) is 0 Å². The van der Waals surface area contributed by atoms with Crippen LogP contribution in [0.4, 0.5) is 0 Å². The van der Waals surface area contributed by atoms with Gasteiger partial charge in [-0.2, -0.15) is 0 Å². The number of hydrogen-bond donors (Lipinski definition) is 2. The zero-order chi connectivity index (χ0) is 13.0. The first-order chi connectivity index (χ1) is 8.74. The lowest BCUT2D eigenvalue weighted by atomic mass is 10.2. The molecule has 1 amide bonds. The topological polar surface area (TPSA) is 67.6 Å². The van der Waals surface area contributed by atoms with E-state index in [0.717, 1.165) is 38.5 Å². The fourth-order valence-corrected chi connectivity index (χ4v) is 2.55. The molecule has 1 saturated heterocycles. The van der Waals surface area contributed by atoms with Gasteiger partial charge in [-0.05, 0) is 32.2 Å². The summed E-state index contributed by atoms with van der Waals surface area (Å²) in [6.07, 6.45) is 4.11. The van der Waals surface area contributed by atoms with Gasteiger partial charge in [-0.25, -0.2) is 0 Å². The number of nitrogens with zero attached hydrogens (tertiary/aromatic N) is 1. The molecule has 2 aliphatic rings. The van der Waals surface area contributed by atoms with Crippen molar-refractivity contribution in [1.82, 2.24) is 10.2 Å². The van der Waals surface area contributed by atoms with Crippen LogP contribution in [0.5, 0.6) is 0 Å². The SMILES string of the molecule is CCN(CCNC(=O)[C@@H]1CC[C@H](CN)O1)C1CC1.Cl.Cl. The van der Waals surface area contributed by atoms with E-state index in [9.17, 15) is 4.79 Å². The molecule has 120 valence electrons. The van der Waals surface area contributed by atoms with E-state index in [2.05, 4.69) is 17.1 Å². The lowest BCUT2D eigenvalue weighted by Crippen LogP contribution is -2.40. The van der Waals surface area contributed by atoms with Crippen molar-refractivity contribution in [1.29, 1.82) is 0 Å². The third-order valence-corrected chi connectivity index (χ3v) is 3.83. The summed E-state index contributed by atoms with van der Waals surface area (Å²) in [4.78, 5) is 14.3. The molecule has 1 saturated carbocycles. The smallest absolute Gasteiger partial charge is 0.249 e. The Morgan fingerprint density at radius 3 is 2.50 bits per heavy atom. The third kappa shape index (κ3) is 5.74. The Hall–Kier alpha value is -0.0700. The highest BCUT2D eigenvalue weighted by Gasteiger charge is 2.30. The van der Waals surface area contributed by atoms with E-state index in [4.69, 9.17) is 10.5 Å². The van der Waals surface area contributed by atoms with Gasteiger partial charge in [0.2, 0.25) is 5.91 Å². The number of halogens is 2. The Morgan fingerprint density at radius 1 is 1.30 bits per heavy atom. The summed E-state index contributed by atoms with van der Waals surface area (Å²) < 4.78 is 5.57. The predicted octanol–water partition coefficient (Wildman–Crippen LogP) is 0.937. The molecule has 7 heteroatoms. The molecule has 0 spiro atoms. The van der Waals surface area contributed by atoms with Gasteiger partial charge in [0.15, 0.2) is 0 Å². The first-order valence-electron chi connectivity index (χ1n) is 7.12. The molecule has 0 radical (unpaired) electrons. The summed E-state index contributed by atoms with van der Waals surface area (Å²) in [5.74, 6) is 0.0257. The number of rotatable bonds is 7. The van der Waals surface area contributed by atoms with Crippen LogP contribution in [-0.2, 0) is 9.53 Å². The number of amides is 1. The number of nitrogens with two attached hydrogens (primary N) is 1. The van der Waals surface area contributed by atoms with Crippen LogP contribution in [0.15, 0.2) is 0 Å². The van der Waals surface area contributed by atoms with Crippen LogP contribution < -0.4 is 11.1 Å². The van der Waals surface area contributed by atoms with Crippen LogP contribution in [-0.4, -0.2) is 55.2 Å². The van der Waals surface area contributed by atoms with Gasteiger partial charge < -0.3 is 15.8 Å². The first-order valence-corrected chi connectivity index (χ1v) is 7.12. The first kappa shape index (κ1) is 19.9. The molecule has 1 aliphatic carbocycles. The third-order valence-electron chi connectivity index (χ3n) is 3.83. The Kier molecular flexibility index (Phi) is 9.76. The number of likely N-dealkylation sites (N-methyl/N-ethyl adjacent to an activating group) is 1. The maximum Gasteiger partial charge on any atom is 0.249 e. The minimum atomic E-state index is -0.283. The standard InChI is InChI=1S/C13H25N3O2.2ClH/c1-2-16(10-3-4-10)8-7-15-13(17)12-6-5-11(9-14)18-12;;/h10-12H,2-9,14H2,1H3,(H,15,17);2*1H/t11-,12+;;/m1../s1. The molecule has 1 heterocycles. The van der Waals surface area contributed by atoms with Gasteiger partial charge >= 0.3 is 0 Å². The number of ether oxygens (including phenoxy) is 1. The fourth-order valence-electron chi connectivity index (χ4n) is 2.55. The second-order valence-corrected chi connectivity index (χ2v) is 5.21. The van der Waals surface area contributed by atoms with Crippen LogP contribution >= 0.6 is 24.8 Å². The molecule has 2 fully saturated rings. The monoisotopic (exact) mass is 327 g/mol. The molecule has 0 bridgehead atoms. The average Bonchev–Trinajstić information content (AvgIpc) is 3.10. The largest absolute Gasteiger partial charge is 0.364 e. The van der Waals surface area contributed by atoms with Crippen molar-refractivity contribution in [3.63, 3.8) is 0 Å². The zero-order valence-electron chi connectivity index (χ0n) is 12.0. The van der Waals surface area contributed by atoms with Crippen molar-refractivity contribution in [2.75, 3.05) is 26.2 Å². The summed E-state index contributed by atoms with van der Waals surface area (Å²) in [6.45, 7) is 5.41. The molecule has 0 aromatic carbocycles. The van der Waals surface area contributed by atoms with Crippen LogP contribution in [0, 0.1) is 0 Å². The highest BCUT2D eigenvalue weighted by Crippen LogP contribution is 2.25. The number of carbonyl (C=O) groups is 1. The molecular formula is C13H27Cl2N3O2. The number of hydrogen-bond acceptors (Lipinski definition) is 4. The van der Waals surface area contributed by atoms with Crippen molar-refractivity contribution < 1.29 is 9.53 Å². The van der Waals surface area contributed by atoms with Gasteiger partial charge in [0, 0.05) is 25.7 Å². The molecule has 20 heavy (non-hydrogen) atoms. The maximum absolute atomic E-state index is 11.9. The Balaban J connectivity index is 0.00000180. The summed E-state index contributed by atoms with van der Waals surface area (Å²) in [6, 6.07) is 0.760.